The van der Waals surface area contributed by atoms with Gasteiger partial charge in [0.2, 0.25) is 5.91 Å². The first kappa shape index (κ1) is 17.8. The summed E-state index contributed by atoms with van der Waals surface area (Å²) in [5.74, 6) is 0.751. The Balaban J connectivity index is 1.50. The summed E-state index contributed by atoms with van der Waals surface area (Å²) >= 11 is 0. The molecule has 0 aliphatic carbocycles. The number of amides is 1. The van der Waals surface area contributed by atoms with E-state index in [0.717, 1.165) is 23.3 Å². The Morgan fingerprint density at radius 3 is 2.65 bits per heavy atom. The van der Waals surface area contributed by atoms with E-state index in [1.807, 2.05) is 49.4 Å². The van der Waals surface area contributed by atoms with Gasteiger partial charge < -0.3 is 9.64 Å². The van der Waals surface area contributed by atoms with Gasteiger partial charge in [-0.3, -0.25) is 14.7 Å². The summed E-state index contributed by atoms with van der Waals surface area (Å²) in [7, 11) is 1.74. The minimum atomic E-state index is -0.176. The van der Waals surface area contributed by atoms with Crippen LogP contribution >= 0.6 is 0 Å². The van der Waals surface area contributed by atoms with Crippen LogP contribution in [0.1, 0.15) is 12.0 Å². The highest BCUT2D eigenvalue weighted by molar-refractivity contribution is 5.79. The standard InChI is InChI=1S/C20H23N3O3/c1-15-8-3-6-11-18(15)26-13-7-12-22(2)19(24)14-23-20(25)16-9-4-5-10-17(16)21-23/h3-6,8-11,21H,7,12-14H2,1-2H3. The molecule has 0 aliphatic rings. The molecule has 26 heavy (non-hydrogen) atoms. The van der Waals surface area contributed by atoms with Crippen LogP contribution in [0.5, 0.6) is 5.75 Å². The maximum atomic E-state index is 12.4. The summed E-state index contributed by atoms with van der Waals surface area (Å²) in [5, 5.41) is 3.57. The van der Waals surface area contributed by atoms with E-state index in [-0.39, 0.29) is 18.0 Å². The third-order valence-electron chi connectivity index (χ3n) is 4.37. The van der Waals surface area contributed by atoms with Gasteiger partial charge in [-0.15, -0.1) is 0 Å². The van der Waals surface area contributed by atoms with Crippen LogP contribution in [-0.4, -0.2) is 40.8 Å². The van der Waals surface area contributed by atoms with Crippen LogP contribution in [0.15, 0.2) is 53.3 Å². The molecule has 0 atom stereocenters. The number of nitrogens with one attached hydrogen (secondary N) is 1. The van der Waals surface area contributed by atoms with Gasteiger partial charge in [-0.05, 0) is 37.1 Å². The third kappa shape index (κ3) is 3.96. The van der Waals surface area contributed by atoms with E-state index in [0.29, 0.717) is 18.5 Å². The van der Waals surface area contributed by atoms with Crippen molar-refractivity contribution in [3.8, 4) is 5.75 Å². The van der Waals surface area contributed by atoms with Crippen LogP contribution in [0, 0.1) is 6.92 Å². The number of fused-ring (bicyclic) bond motifs is 1. The first-order valence-corrected chi connectivity index (χ1v) is 8.66. The molecule has 6 heteroatoms. The lowest BCUT2D eigenvalue weighted by atomic mass is 10.2. The monoisotopic (exact) mass is 353 g/mol. The normalized spacial score (nSPS) is 10.8. The van der Waals surface area contributed by atoms with Gasteiger partial charge in [0, 0.05) is 13.6 Å². The molecule has 0 saturated heterocycles. The van der Waals surface area contributed by atoms with E-state index in [9.17, 15) is 9.59 Å². The van der Waals surface area contributed by atoms with E-state index in [1.54, 1.807) is 18.0 Å². The lowest BCUT2D eigenvalue weighted by molar-refractivity contribution is -0.130. The van der Waals surface area contributed by atoms with Crippen LogP contribution in [0.2, 0.25) is 0 Å². The molecule has 6 nitrogen and oxygen atoms in total. The van der Waals surface area contributed by atoms with Crippen LogP contribution in [0.3, 0.4) is 0 Å². The molecular weight excluding hydrogens is 330 g/mol. The van der Waals surface area contributed by atoms with E-state index in [2.05, 4.69) is 5.10 Å². The Kier molecular flexibility index (Phi) is 5.41. The molecule has 0 saturated carbocycles. The fourth-order valence-electron chi connectivity index (χ4n) is 2.80. The highest BCUT2D eigenvalue weighted by atomic mass is 16.5. The summed E-state index contributed by atoms with van der Waals surface area (Å²) in [5.41, 5.74) is 1.65. The van der Waals surface area contributed by atoms with Gasteiger partial charge in [-0.2, -0.15) is 0 Å². The number of aromatic nitrogens is 2. The summed E-state index contributed by atoms with van der Waals surface area (Å²) in [6.07, 6.45) is 0.720. The number of hydrogen-bond donors (Lipinski definition) is 1. The lowest BCUT2D eigenvalue weighted by Gasteiger charge is -2.17. The van der Waals surface area contributed by atoms with Gasteiger partial charge >= 0.3 is 0 Å². The molecule has 3 aromatic rings. The second kappa shape index (κ2) is 7.91. The Bertz CT molecular complexity index is 958. The predicted octanol–water partition coefficient (Wildman–Crippen LogP) is 2.57. The van der Waals surface area contributed by atoms with Gasteiger partial charge in [-0.1, -0.05) is 30.3 Å². The fraction of sp³-hybridized carbons (Fsp3) is 0.300. The number of H-pyrrole nitrogens is 1. The average molecular weight is 353 g/mol. The smallest absolute Gasteiger partial charge is 0.274 e. The highest BCUT2D eigenvalue weighted by Crippen LogP contribution is 2.16. The summed E-state index contributed by atoms with van der Waals surface area (Å²) in [6, 6.07) is 15.1. The van der Waals surface area contributed by atoms with Crippen molar-refractivity contribution in [1.82, 2.24) is 14.7 Å². The van der Waals surface area contributed by atoms with E-state index in [4.69, 9.17) is 4.74 Å². The fourth-order valence-corrected chi connectivity index (χ4v) is 2.80. The molecule has 1 amide bonds. The van der Waals surface area contributed by atoms with Crippen molar-refractivity contribution in [2.75, 3.05) is 20.2 Å². The molecule has 1 aromatic heterocycles. The molecule has 1 N–H and O–H groups in total. The molecule has 3 rings (SSSR count). The van der Waals surface area contributed by atoms with Crippen molar-refractivity contribution in [3.63, 3.8) is 0 Å². The van der Waals surface area contributed by atoms with Crippen LogP contribution in [0.25, 0.3) is 10.9 Å². The van der Waals surface area contributed by atoms with Gasteiger partial charge in [0.25, 0.3) is 5.56 Å². The van der Waals surface area contributed by atoms with Gasteiger partial charge in [0.05, 0.1) is 17.5 Å². The van der Waals surface area contributed by atoms with Crippen LogP contribution in [-0.2, 0) is 11.3 Å². The Labute approximate surface area is 152 Å². The summed E-state index contributed by atoms with van der Waals surface area (Å²) in [6.45, 7) is 3.11. The molecule has 0 aliphatic heterocycles. The number of hydrogen-bond acceptors (Lipinski definition) is 3. The minimum absolute atomic E-state index is 0.00264. The molecule has 1 heterocycles. The molecule has 0 radical (unpaired) electrons. The molecule has 136 valence electrons. The highest BCUT2D eigenvalue weighted by Gasteiger charge is 2.13. The molecule has 0 spiro atoms. The first-order chi connectivity index (χ1) is 12.6. The van der Waals surface area contributed by atoms with Gasteiger partial charge in [-0.25, -0.2) is 4.68 Å². The topological polar surface area (TPSA) is 67.3 Å². The number of nitrogens with zero attached hydrogens (tertiary/aromatic N) is 2. The summed E-state index contributed by atoms with van der Waals surface area (Å²) < 4.78 is 7.10. The number of rotatable bonds is 7. The number of aryl methyl sites for hydroxylation is 1. The number of carbonyl (C=O) groups excluding carboxylic acids is 1. The molecule has 0 bridgehead atoms. The van der Waals surface area contributed by atoms with Crippen molar-refractivity contribution in [1.29, 1.82) is 0 Å². The van der Waals surface area contributed by atoms with E-state index in [1.165, 1.54) is 4.68 Å². The predicted molar refractivity (Wildman–Crippen MR) is 101 cm³/mol. The zero-order valence-electron chi connectivity index (χ0n) is 15.1. The van der Waals surface area contributed by atoms with Crippen molar-refractivity contribution in [2.24, 2.45) is 0 Å². The Morgan fingerprint density at radius 1 is 1.15 bits per heavy atom. The Hall–Kier alpha value is -3.02. The third-order valence-corrected chi connectivity index (χ3v) is 4.37. The van der Waals surface area contributed by atoms with Crippen molar-refractivity contribution in [3.05, 3.63) is 64.4 Å². The molecule has 0 unspecified atom stereocenters. The van der Waals surface area contributed by atoms with Crippen molar-refractivity contribution >= 4 is 16.8 Å². The molecular formula is C20H23N3O3. The SMILES string of the molecule is Cc1ccccc1OCCCN(C)C(=O)Cn1[nH]c2ccccc2c1=O. The maximum absolute atomic E-state index is 12.4. The number of carbonyl (C=O) groups is 1. The Morgan fingerprint density at radius 2 is 1.88 bits per heavy atom. The number of benzene rings is 2. The minimum Gasteiger partial charge on any atom is -0.493 e. The largest absolute Gasteiger partial charge is 0.493 e. The van der Waals surface area contributed by atoms with E-state index >= 15 is 0 Å². The number of ether oxygens (including phenoxy) is 1. The quantitative estimate of drug-likeness (QED) is 0.664. The number of para-hydroxylation sites is 2. The van der Waals surface area contributed by atoms with Crippen LogP contribution < -0.4 is 10.3 Å². The van der Waals surface area contributed by atoms with Crippen molar-refractivity contribution in [2.45, 2.75) is 19.9 Å². The number of aromatic amines is 1. The van der Waals surface area contributed by atoms with Gasteiger partial charge in [0.15, 0.2) is 0 Å². The second-order valence-electron chi connectivity index (χ2n) is 6.33. The van der Waals surface area contributed by atoms with Crippen molar-refractivity contribution < 1.29 is 9.53 Å². The first-order valence-electron chi connectivity index (χ1n) is 8.66. The zero-order chi connectivity index (χ0) is 18.5. The van der Waals surface area contributed by atoms with Gasteiger partial charge in [0.1, 0.15) is 12.3 Å². The summed E-state index contributed by atoms with van der Waals surface area (Å²) in [4.78, 5) is 26.3. The molecule has 0 fully saturated rings. The van der Waals surface area contributed by atoms with E-state index < -0.39 is 0 Å². The lowest BCUT2D eigenvalue weighted by Crippen LogP contribution is -2.34. The second-order valence-corrected chi connectivity index (χ2v) is 6.33. The van der Waals surface area contributed by atoms with Crippen LogP contribution in [0.4, 0.5) is 0 Å². The average Bonchev–Trinajstić information content (AvgIpc) is 2.96. The zero-order valence-corrected chi connectivity index (χ0v) is 15.1. The molecule has 2 aromatic carbocycles. The number of likely N-dealkylation sites (N-methyl/N-ethyl adjacent to an activating group) is 1. The maximum Gasteiger partial charge on any atom is 0.274 e.